The highest BCUT2D eigenvalue weighted by Crippen LogP contribution is 2.36. The number of nitrogens with zero attached hydrogens (tertiary/aromatic N) is 3. The molecule has 4 heterocycles. The van der Waals surface area contributed by atoms with E-state index in [1.54, 1.807) is 20.4 Å². The van der Waals surface area contributed by atoms with Gasteiger partial charge in [-0.25, -0.2) is 5.10 Å². The van der Waals surface area contributed by atoms with E-state index in [0.717, 1.165) is 64.2 Å². The summed E-state index contributed by atoms with van der Waals surface area (Å²) in [6.45, 7) is 2.32. The normalized spacial score (nSPS) is 19.4. The first-order valence-corrected chi connectivity index (χ1v) is 12.3. The van der Waals surface area contributed by atoms with Crippen molar-refractivity contribution in [1.29, 1.82) is 0 Å². The third-order valence-corrected chi connectivity index (χ3v) is 7.66. The maximum atomic E-state index is 13.9. The summed E-state index contributed by atoms with van der Waals surface area (Å²) in [4.78, 5) is 16.2. The van der Waals surface area contributed by atoms with Gasteiger partial charge in [-0.15, -0.1) is 0 Å². The molecule has 8 heteroatoms. The van der Waals surface area contributed by atoms with Crippen LogP contribution in [0.4, 0.5) is 0 Å². The number of aromatic nitrogens is 3. The van der Waals surface area contributed by atoms with E-state index < -0.39 is 0 Å². The van der Waals surface area contributed by atoms with Gasteiger partial charge in [-0.2, -0.15) is 5.10 Å². The molecule has 1 N–H and O–H groups in total. The fourth-order valence-electron chi connectivity index (χ4n) is 5.36. The van der Waals surface area contributed by atoms with Crippen LogP contribution in [0.1, 0.15) is 22.3 Å². The highest BCUT2D eigenvalue weighted by atomic mass is 16.5. The second-order valence-corrected chi connectivity index (χ2v) is 9.72. The number of hydrogen-bond acceptors (Lipinski definition) is 6. The van der Waals surface area contributed by atoms with Crippen molar-refractivity contribution in [2.75, 3.05) is 34.4 Å². The molecule has 0 spiro atoms. The van der Waals surface area contributed by atoms with E-state index in [1.165, 1.54) is 0 Å². The molecule has 2 aliphatic heterocycles. The van der Waals surface area contributed by atoms with Crippen molar-refractivity contribution < 1.29 is 19.0 Å². The molecular formula is C28H30N4O4. The Morgan fingerprint density at radius 2 is 2.08 bits per heavy atom. The molecule has 2 atom stereocenters. The number of fused-ring (bicyclic) bond motifs is 2. The first-order valence-electron chi connectivity index (χ1n) is 12.3. The minimum absolute atomic E-state index is 0.114. The predicted octanol–water partition coefficient (Wildman–Crippen LogP) is 4.19. The lowest BCUT2D eigenvalue weighted by Gasteiger charge is -2.38. The number of hydrogen-bond donors (Lipinski definition) is 1. The average Bonchev–Trinajstić information content (AvgIpc) is 3.54. The van der Waals surface area contributed by atoms with Crippen LogP contribution in [0, 0.1) is 5.92 Å². The average molecular weight is 487 g/mol. The van der Waals surface area contributed by atoms with E-state index in [-0.39, 0.29) is 11.7 Å². The Morgan fingerprint density at radius 1 is 1.19 bits per heavy atom. The van der Waals surface area contributed by atoms with Crippen LogP contribution in [0.5, 0.6) is 17.4 Å². The number of likely N-dealkylation sites (tertiary alicyclic amines) is 1. The zero-order valence-electron chi connectivity index (χ0n) is 20.8. The van der Waals surface area contributed by atoms with Gasteiger partial charge in [-0.3, -0.25) is 4.79 Å². The Hall–Kier alpha value is -3.78. The van der Waals surface area contributed by atoms with E-state index in [1.807, 2.05) is 36.5 Å². The van der Waals surface area contributed by atoms with E-state index in [2.05, 4.69) is 32.8 Å². The molecule has 1 fully saturated rings. The van der Waals surface area contributed by atoms with Crippen molar-refractivity contribution in [3.8, 4) is 28.5 Å². The SMILES string of the molecule is COc1ccc2c(c1)CC(C(=O)c1cn(CC3CCN3C)c3cc(-c4cn[nH]c4OC)ccc13)CO2. The van der Waals surface area contributed by atoms with E-state index in [0.29, 0.717) is 24.9 Å². The Kier molecular flexibility index (Phi) is 5.68. The topological polar surface area (TPSA) is 81.6 Å². The van der Waals surface area contributed by atoms with Gasteiger partial charge in [0.25, 0.3) is 0 Å². The second-order valence-electron chi connectivity index (χ2n) is 9.72. The minimum atomic E-state index is -0.247. The van der Waals surface area contributed by atoms with E-state index in [4.69, 9.17) is 14.2 Å². The number of nitrogens with one attached hydrogen (secondary N) is 1. The van der Waals surface area contributed by atoms with Crippen LogP contribution in [0.3, 0.4) is 0 Å². The summed E-state index contributed by atoms with van der Waals surface area (Å²) in [5.74, 6) is 2.09. The van der Waals surface area contributed by atoms with E-state index >= 15 is 0 Å². The van der Waals surface area contributed by atoms with Crippen LogP contribution in [-0.2, 0) is 13.0 Å². The summed E-state index contributed by atoms with van der Waals surface area (Å²) in [6.07, 6.45) is 5.60. The molecule has 2 aromatic heterocycles. The zero-order valence-corrected chi connectivity index (χ0v) is 20.8. The number of ether oxygens (including phenoxy) is 3. The van der Waals surface area contributed by atoms with Gasteiger partial charge in [0, 0.05) is 35.2 Å². The molecule has 2 aliphatic rings. The summed E-state index contributed by atoms with van der Waals surface area (Å²) in [6, 6.07) is 12.5. The Bertz CT molecular complexity index is 1440. The Balaban J connectivity index is 1.38. The molecule has 0 amide bonds. The van der Waals surface area contributed by atoms with Crippen LogP contribution in [-0.4, -0.2) is 65.9 Å². The quantitative estimate of drug-likeness (QED) is 0.395. The van der Waals surface area contributed by atoms with Gasteiger partial charge in [0.2, 0.25) is 5.88 Å². The summed E-state index contributed by atoms with van der Waals surface area (Å²) in [5, 5.41) is 7.99. The molecule has 0 saturated carbocycles. The summed E-state index contributed by atoms with van der Waals surface area (Å²) >= 11 is 0. The first kappa shape index (κ1) is 22.7. The molecule has 8 nitrogen and oxygen atoms in total. The van der Waals surface area contributed by atoms with Crippen LogP contribution in [0.15, 0.2) is 48.8 Å². The number of Topliss-reactive ketones (excluding diaryl/α,β-unsaturated/α-hetero) is 1. The number of rotatable bonds is 7. The standard InChI is InChI=1S/C28H30N4O4/c1-31-9-8-20(31)14-32-15-24(22-6-4-17(12-25(22)32)23-13-29-30-28(23)35-3)27(33)19-10-18-11-21(34-2)5-7-26(18)36-16-19/h4-7,11-13,15,19-20H,8-10,14,16H2,1-3H3,(H,29,30). The van der Waals surface area contributed by atoms with Crippen molar-refractivity contribution in [3.05, 3.63) is 59.9 Å². The van der Waals surface area contributed by atoms with Gasteiger partial charge in [0.1, 0.15) is 11.5 Å². The highest BCUT2D eigenvalue weighted by Gasteiger charge is 2.31. The van der Waals surface area contributed by atoms with Crippen molar-refractivity contribution in [2.45, 2.75) is 25.4 Å². The number of carbonyl (C=O) groups is 1. The third-order valence-electron chi connectivity index (χ3n) is 7.66. The summed E-state index contributed by atoms with van der Waals surface area (Å²) in [5.41, 5.74) is 4.69. The molecule has 0 radical (unpaired) electrons. The fourth-order valence-corrected chi connectivity index (χ4v) is 5.36. The van der Waals surface area contributed by atoms with Gasteiger partial charge in [0.05, 0.1) is 38.5 Å². The van der Waals surface area contributed by atoms with Gasteiger partial charge < -0.3 is 23.7 Å². The van der Waals surface area contributed by atoms with Crippen LogP contribution < -0.4 is 14.2 Å². The smallest absolute Gasteiger partial charge is 0.216 e. The number of benzene rings is 2. The molecule has 0 bridgehead atoms. The largest absolute Gasteiger partial charge is 0.497 e. The fraction of sp³-hybridized carbons (Fsp3) is 0.357. The lowest BCUT2D eigenvalue weighted by Crippen LogP contribution is -2.46. The molecule has 0 aliphatic carbocycles. The molecule has 2 unspecified atom stereocenters. The Morgan fingerprint density at radius 3 is 2.83 bits per heavy atom. The molecular weight excluding hydrogens is 456 g/mol. The predicted molar refractivity (Wildman–Crippen MR) is 137 cm³/mol. The zero-order chi connectivity index (χ0) is 24.8. The van der Waals surface area contributed by atoms with Crippen molar-refractivity contribution in [1.82, 2.24) is 19.7 Å². The first-order chi connectivity index (χ1) is 17.6. The van der Waals surface area contributed by atoms with Gasteiger partial charge in [0.15, 0.2) is 5.78 Å². The molecule has 2 aromatic carbocycles. The lowest BCUT2D eigenvalue weighted by atomic mass is 9.89. The van der Waals surface area contributed by atoms with Crippen molar-refractivity contribution in [2.24, 2.45) is 5.92 Å². The van der Waals surface area contributed by atoms with Crippen LogP contribution >= 0.6 is 0 Å². The number of aromatic amines is 1. The molecule has 4 aromatic rings. The summed E-state index contributed by atoms with van der Waals surface area (Å²) in [7, 11) is 5.43. The van der Waals surface area contributed by atoms with Crippen LogP contribution in [0.2, 0.25) is 0 Å². The highest BCUT2D eigenvalue weighted by molar-refractivity contribution is 6.10. The molecule has 36 heavy (non-hydrogen) atoms. The third kappa shape index (κ3) is 3.82. The number of H-pyrrole nitrogens is 1. The molecule has 6 rings (SSSR count). The molecule has 186 valence electrons. The maximum Gasteiger partial charge on any atom is 0.216 e. The molecule has 1 saturated heterocycles. The number of ketones is 1. The second kappa shape index (κ2) is 9.02. The number of methoxy groups -OCH3 is 2. The van der Waals surface area contributed by atoms with Crippen LogP contribution in [0.25, 0.3) is 22.0 Å². The minimum Gasteiger partial charge on any atom is -0.497 e. The van der Waals surface area contributed by atoms with Gasteiger partial charge >= 0.3 is 0 Å². The van der Waals surface area contributed by atoms with Gasteiger partial charge in [-0.1, -0.05) is 12.1 Å². The summed E-state index contributed by atoms with van der Waals surface area (Å²) < 4.78 is 19.0. The van der Waals surface area contributed by atoms with Crippen molar-refractivity contribution in [3.63, 3.8) is 0 Å². The monoisotopic (exact) mass is 486 g/mol. The number of carbonyl (C=O) groups excluding carboxylic acids is 1. The Labute approximate surface area is 209 Å². The van der Waals surface area contributed by atoms with E-state index in [9.17, 15) is 4.79 Å². The van der Waals surface area contributed by atoms with Gasteiger partial charge in [-0.05, 0) is 61.8 Å². The lowest BCUT2D eigenvalue weighted by molar-refractivity contribution is 0.0855. The number of likely N-dealkylation sites (N-methyl/N-ethyl adjacent to an activating group) is 1. The maximum absolute atomic E-state index is 13.9. The van der Waals surface area contributed by atoms with Crippen molar-refractivity contribution >= 4 is 16.7 Å².